The minimum absolute atomic E-state index is 0.691. The second-order valence-electron chi connectivity index (χ2n) is 4.16. The van der Waals surface area contributed by atoms with Crippen LogP contribution in [0, 0.1) is 0 Å². The topological polar surface area (TPSA) is 30.5 Å². The Bertz CT molecular complexity index is 508. The Morgan fingerprint density at radius 1 is 1.00 bits per heavy atom. The van der Waals surface area contributed by atoms with Crippen LogP contribution in [0.3, 0.4) is 0 Å². The molecule has 3 nitrogen and oxygen atoms in total. The van der Waals surface area contributed by atoms with Crippen LogP contribution in [0.1, 0.15) is 12.5 Å². The predicted octanol–water partition coefficient (Wildman–Crippen LogP) is 3.71. The maximum absolute atomic E-state index is 5.41. The van der Waals surface area contributed by atoms with Gasteiger partial charge in [-0.15, -0.1) is 0 Å². The first kappa shape index (κ1) is 13.3. The third-order valence-corrected chi connectivity index (χ3v) is 2.80. The molecule has 0 spiro atoms. The van der Waals surface area contributed by atoms with Gasteiger partial charge >= 0.3 is 0 Å². The molecule has 0 saturated heterocycles. The summed E-state index contributed by atoms with van der Waals surface area (Å²) in [4.78, 5) is 0. The molecule has 0 aliphatic heterocycles. The maximum Gasteiger partial charge on any atom is 0.119 e. The third kappa shape index (κ3) is 3.91. The summed E-state index contributed by atoms with van der Waals surface area (Å²) in [6.07, 6.45) is 0. The monoisotopic (exact) mass is 257 g/mol. The fourth-order valence-electron chi connectivity index (χ4n) is 1.82. The smallest absolute Gasteiger partial charge is 0.119 e. The molecule has 2 aromatic rings. The Balaban J connectivity index is 1.94. The molecule has 100 valence electrons. The lowest BCUT2D eigenvalue weighted by molar-refractivity contribution is 0.340. The van der Waals surface area contributed by atoms with E-state index >= 15 is 0 Å². The molecule has 0 bridgehead atoms. The zero-order valence-corrected chi connectivity index (χ0v) is 11.3. The number of hydrogen-bond acceptors (Lipinski definition) is 3. The number of anilines is 1. The van der Waals surface area contributed by atoms with Crippen molar-refractivity contribution in [2.24, 2.45) is 0 Å². The second kappa shape index (κ2) is 6.69. The van der Waals surface area contributed by atoms with Crippen LogP contribution in [-0.2, 0) is 6.54 Å². The van der Waals surface area contributed by atoms with Crippen LogP contribution in [0.4, 0.5) is 5.69 Å². The van der Waals surface area contributed by atoms with Crippen LogP contribution in [0.2, 0.25) is 0 Å². The third-order valence-electron chi connectivity index (χ3n) is 2.80. The van der Waals surface area contributed by atoms with Crippen molar-refractivity contribution in [3.8, 4) is 11.5 Å². The first-order chi connectivity index (χ1) is 9.31. The summed E-state index contributed by atoms with van der Waals surface area (Å²) >= 11 is 0. The Labute approximate surface area is 114 Å². The van der Waals surface area contributed by atoms with Crippen molar-refractivity contribution >= 4 is 5.69 Å². The standard InChI is InChI=1S/C16H19NO2/c1-3-19-15-9-7-14(8-10-15)17-12-13-5-4-6-16(11-13)18-2/h4-11,17H,3,12H2,1-2H3. The van der Waals surface area contributed by atoms with E-state index in [-0.39, 0.29) is 0 Å². The molecule has 1 N–H and O–H groups in total. The first-order valence-corrected chi connectivity index (χ1v) is 6.41. The summed E-state index contributed by atoms with van der Waals surface area (Å²) in [5, 5.41) is 3.37. The highest BCUT2D eigenvalue weighted by molar-refractivity contribution is 5.47. The van der Waals surface area contributed by atoms with Crippen molar-refractivity contribution in [2.45, 2.75) is 13.5 Å². The molecule has 0 atom stereocenters. The van der Waals surface area contributed by atoms with Gasteiger partial charge < -0.3 is 14.8 Å². The molecule has 0 aliphatic rings. The van der Waals surface area contributed by atoms with Gasteiger partial charge in [-0.1, -0.05) is 12.1 Å². The lowest BCUT2D eigenvalue weighted by Gasteiger charge is -2.09. The van der Waals surface area contributed by atoms with Crippen LogP contribution >= 0.6 is 0 Å². The van der Waals surface area contributed by atoms with Gasteiger partial charge in [-0.25, -0.2) is 0 Å². The van der Waals surface area contributed by atoms with Crippen molar-refractivity contribution in [3.63, 3.8) is 0 Å². The van der Waals surface area contributed by atoms with Crippen LogP contribution in [-0.4, -0.2) is 13.7 Å². The van der Waals surface area contributed by atoms with Gasteiger partial charge in [0.1, 0.15) is 11.5 Å². The number of nitrogens with one attached hydrogen (secondary N) is 1. The van der Waals surface area contributed by atoms with E-state index in [2.05, 4.69) is 11.4 Å². The molecular weight excluding hydrogens is 238 g/mol. The van der Waals surface area contributed by atoms with Gasteiger partial charge in [0.2, 0.25) is 0 Å². The number of hydrogen-bond donors (Lipinski definition) is 1. The van der Waals surface area contributed by atoms with E-state index in [4.69, 9.17) is 9.47 Å². The second-order valence-corrected chi connectivity index (χ2v) is 4.16. The largest absolute Gasteiger partial charge is 0.497 e. The van der Waals surface area contributed by atoms with Crippen molar-refractivity contribution in [1.29, 1.82) is 0 Å². The van der Waals surface area contributed by atoms with Crippen molar-refractivity contribution in [3.05, 3.63) is 54.1 Å². The fourth-order valence-corrected chi connectivity index (χ4v) is 1.82. The van der Waals surface area contributed by atoms with E-state index < -0.39 is 0 Å². The predicted molar refractivity (Wildman–Crippen MR) is 77.9 cm³/mol. The zero-order chi connectivity index (χ0) is 13.5. The fraction of sp³-hybridized carbons (Fsp3) is 0.250. The number of benzene rings is 2. The summed E-state index contributed by atoms with van der Waals surface area (Å²) in [5.74, 6) is 1.78. The van der Waals surface area contributed by atoms with Gasteiger partial charge in [0.15, 0.2) is 0 Å². The number of methoxy groups -OCH3 is 1. The molecule has 19 heavy (non-hydrogen) atoms. The Morgan fingerprint density at radius 3 is 2.47 bits per heavy atom. The van der Waals surface area contributed by atoms with Crippen molar-refractivity contribution in [2.75, 3.05) is 19.0 Å². The molecule has 0 aromatic heterocycles. The molecule has 2 rings (SSSR count). The molecule has 0 aliphatic carbocycles. The van der Waals surface area contributed by atoms with E-state index in [1.807, 2.05) is 49.4 Å². The molecule has 0 heterocycles. The lowest BCUT2D eigenvalue weighted by Crippen LogP contribution is -1.99. The van der Waals surface area contributed by atoms with E-state index in [1.165, 1.54) is 5.56 Å². The van der Waals surface area contributed by atoms with Gasteiger partial charge in [0.05, 0.1) is 13.7 Å². The Kier molecular flexibility index (Phi) is 4.67. The van der Waals surface area contributed by atoms with Gasteiger partial charge in [-0.05, 0) is 48.9 Å². The van der Waals surface area contributed by atoms with Crippen LogP contribution in [0.5, 0.6) is 11.5 Å². The highest BCUT2D eigenvalue weighted by Crippen LogP contribution is 2.17. The SMILES string of the molecule is CCOc1ccc(NCc2cccc(OC)c2)cc1. The maximum atomic E-state index is 5.41. The van der Waals surface area contributed by atoms with E-state index in [9.17, 15) is 0 Å². The van der Waals surface area contributed by atoms with Crippen molar-refractivity contribution < 1.29 is 9.47 Å². The molecule has 0 fully saturated rings. The molecule has 2 aromatic carbocycles. The molecule has 0 saturated carbocycles. The van der Waals surface area contributed by atoms with Gasteiger partial charge in [-0.2, -0.15) is 0 Å². The molecule has 0 radical (unpaired) electrons. The molecular formula is C16H19NO2. The normalized spacial score (nSPS) is 10.0. The van der Waals surface area contributed by atoms with E-state index in [0.717, 1.165) is 23.7 Å². The van der Waals surface area contributed by atoms with Gasteiger partial charge in [0, 0.05) is 12.2 Å². The minimum Gasteiger partial charge on any atom is -0.497 e. The van der Waals surface area contributed by atoms with Crippen LogP contribution < -0.4 is 14.8 Å². The van der Waals surface area contributed by atoms with Crippen molar-refractivity contribution in [1.82, 2.24) is 0 Å². The highest BCUT2D eigenvalue weighted by Gasteiger charge is 1.97. The Morgan fingerprint density at radius 2 is 1.79 bits per heavy atom. The average molecular weight is 257 g/mol. The average Bonchev–Trinajstić information content (AvgIpc) is 2.47. The number of rotatable bonds is 6. The summed E-state index contributed by atoms with van der Waals surface area (Å²) < 4.78 is 10.6. The van der Waals surface area contributed by atoms with E-state index in [1.54, 1.807) is 7.11 Å². The lowest BCUT2D eigenvalue weighted by atomic mass is 10.2. The van der Waals surface area contributed by atoms with Gasteiger partial charge in [-0.3, -0.25) is 0 Å². The first-order valence-electron chi connectivity index (χ1n) is 6.41. The minimum atomic E-state index is 0.691. The molecule has 0 unspecified atom stereocenters. The highest BCUT2D eigenvalue weighted by atomic mass is 16.5. The molecule has 0 amide bonds. The summed E-state index contributed by atoms with van der Waals surface area (Å²) in [6.45, 7) is 3.44. The summed E-state index contributed by atoms with van der Waals surface area (Å²) in [7, 11) is 1.68. The summed E-state index contributed by atoms with van der Waals surface area (Å²) in [6, 6.07) is 16.0. The van der Waals surface area contributed by atoms with Crippen LogP contribution in [0.25, 0.3) is 0 Å². The summed E-state index contributed by atoms with van der Waals surface area (Å²) in [5.41, 5.74) is 2.26. The Hall–Kier alpha value is -2.16. The van der Waals surface area contributed by atoms with Crippen LogP contribution in [0.15, 0.2) is 48.5 Å². The number of ether oxygens (including phenoxy) is 2. The van der Waals surface area contributed by atoms with Gasteiger partial charge in [0.25, 0.3) is 0 Å². The zero-order valence-electron chi connectivity index (χ0n) is 11.3. The quantitative estimate of drug-likeness (QED) is 0.855. The van der Waals surface area contributed by atoms with E-state index in [0.29, 0.717) is 6.61 Å². The molecule has 3 heteroatoms.